The van der Waals surface area contributed by atoms with Crippen molar-refractivity contribution in [3.05, 3.63) is 10.1 Å². The normalized spacial score (nSPS) is 30.7. The molecule has 2 aliphatic carbocycles. The van der Waals surface area contributed by atoms with Crippen molar-refractivity contribution in [1.82, 2.24) is 4.90 Å². The van der Waals surface area contributed by atoms with E-state index in [0.29, 0.717) is 6.54 Å². The van der Waals surface area contributed by atoms with Gasteiger partial charge in [-0.2, -0.15) is 0 Å². The van der Waals surface area contributed by atoms with Gasteiger partial charge in [-0.15, -0.1) is 23.2 Å². The minimum absolute atomic E-state index is 0.0440. The molecule has 0 spiro atoms. The lowest BCUT2D eigenvalue weighted by Crippen LogP contribution is -2.50. The van der Waals surface area contributed by atoms with E-state index in [-0.39, 0.29) is 10.1 Å². The van der Waals surface area contributed by atoms with E-state index >= 15 is 0 Å². The van der Waals surface area contributed by atoms with E-state index in [4.69, 9.17) is 69.6 Å². The molecule has 2 fully saturated rings. The number of likely N-dealkylation sites (tertiary alicyclic amines) is 1. The molecule has 1 aliphatic heterocycles. The molecular formula is C27H39Cl6NO2. The summed E-state index contributed by atoms with van der Waals surface area (Å²) in [6.07, 6.45) is 20.2. The van der Waals surface area contributed by atoms with Gasteiger partial charge in [0.25, 0.3) is 0 Å². The van der Waals surface area contributed by atoms with Gasteiger partial charge in [-0.05, 0) is 6.42 Å². The third kappa shape index (κ3) is 5.46. The molecule has 2 amide bonds. The van der Waals surface area contributed by atoms with Crippen LogP contribution in [0.3, 0.4) is 0 Å². The van der Waals surface area contributed by atoms with Gasteiger partial charge < -0.3 is 0 Å². The molecule has 1 heterocycles. The summed E-state index contributed by atoms with van der Waals surface area (Å²) in [6.45, 7) is 2.59. The number of carbonyl (C=O) groups excluding carboxylic acids is 2. The van der Waals surface area contributed by atoms with Crippen LogP contribution in [0.5, 0.6) is 0 Å². The minimum atomic E-state index is -1.86. The van der Waals surface area contributed by atoms with Gasteiger partial charge in [0, 0.05) is 6.54 Å². The predicted octanol–water partition coefficient (Wildman–Crippen LogP) is 9.69. The second-order valence-corrected chi connectivity index (χ2v) is 14.0. The van der Waals surface area contributed by atoms with Crippen molar-refractivity contribution in [3.8, 4) is 0 Å². The number of carbonyl (C=O) groups is 2. The van der Waals surface area contributed by atoms with Crippen molar-refractivity contribution >= 4 is 81.4 Å². The Bertz CT molecular complexity index is 787. The monoisotopic (exact) mass is 619 g/mol. The Kier molecular flexibility index (Phi) is 11.5. The number of unbranched alkanes of at least 4 members (excludes halogenated alkanes) is 15. The quantitative estimate of drug-likeness (QED) is 0.0921. The molecule has 3 nitrogen and oxygen atoms in total. The van der Waals surface area contributed by atoms with Gasteiger partial charge in [0.2, 0.25) is 11.8 Å². The van der Waals surface area contributed by atoms with Gasteiger partial charge >= 0.3 is 0 Å². The van der Waals surface area contributed by atoms with E-state index in [0.717, 1.165) is 19.3 Å². The molecule has 2 bridgehead atoms. The highest BCUT2D eigenvalue weighted by atomic mass is 35.5. The zero-order chi connectivity index (χ0) is 26.6. The van der Waals surface area contributed by atoms with E-state index < -0.39 is 37.7 Å². The first-order valence-corrected chi connectivity index (χ1v) is 16.0. The van der Waals surface area contributed by atoms with Crippen molar-refractivity contribution in [2.45, 2.75) is 124 Å². The molecule has 4 unspecified atom stereocenters. The molecule has 0 aromatic carbocycles. The maximum absolute atomic E-state index is 13.2. The van der Waals surface area contributed by atoms with E-state index in [1.807, 2.05) is 0 Å². The van der Waals surface area contributed by atoms with Crippen LogP contribution in [-0.4, -0.2) is 37.3 Å². The van der Waals surface area contributed by atoms with E-state index in [9.17, 15) is 9.59 Å². The van der Waals surface area contributed by atoms with Crippen molar-refractivity contribution in [2.75, 3.05) is 6.54 Å². The SMILES string of the molecule is CCCCCCCCCCCCCCCCCCN1C(=O)C2C(C1=O)C1(Cl)C(Cl)=C(Cl)C2(Cl)C1(Cl)Cl. The maximum Gasteiger partial charge on any atom is 0.235 e. The summed E-state index contributed by atoms with van der Waals surface area (Å²) >= 11 is 39.1. The molecule has 1 saturated heterocycles. The molecule has 0 aromatic heterocycles. The lowest BCUT2D eigenvalue weighted by molar-refractivity contribution is -0.140. The molecule has 36 heavy (non-hydrogen) atoms. The van der Waals surface area contributed by atoms with Crippen molar-refractivity contribution < 1.29 is 9.59 Å². The number of alkyl halides is 4. The van der Waals surface area contributed by atoms with Crippen LogP contribution in [0.2, 0.25) is 0 Å². The van der Waals surface area contributed by atoms with Crippen molar-refractivity contribution in [2.24, 2.45) is 11.8 Å². The fraction of sp³-hybridized carbons (Fsp3) is 0.852. The molecule has 206 valence electrons. The van der Waals surface area contributed by atoms with Crippen LogP contribution in [0.15, 0.2) is 10.1 Å². The lowest BCUT2D eigenvalue weighted by Gasteiger charge is -2.34. The lowest BCUT2D eigenvalue weighted by atomic mass is 9.84. The second-order valence-electron chi connectivity index (χ2n) is 10.7. The summed E-state index contributed by atoms with van der Waals surface area (Å²) in [7, 11) is 0. The number of nitrogens with zero attached hydrogens (tertiary/aromatic N) is 1. The topological polar surface area (TPSA) is 37.4 Å². The average Bonchev–Trinajstić information content (AvgIpc) is 3.22. The van der Waals surface area contributed by atoms with Crippen LogP contribution in [0.25, 0.3) is 0 Å². The number of rotatable bonds is 17. The largest absolute Gasteiger partial charge is 0.282 e. The van der Waals surface area contributed by atoms with Gasteiger partial charge in [-0.3, -0.25) is 14.5 Å². The van der Waals surface area contributed by atoms with Crippen LogP contribution in [-0.2, 0) is 9.59 Å². The molecule has 3 rings (SSSR count). The number of hydrogen-bond acceptors (Lipinski definition) is 2. The predicted molar refractivity (Wildman–Crippen MR) is 154 cm³/mol. The van der Waals surface area contributed by atoms with Crippen molar-refractivity contribution in [3.63, 3.8) is 0 Å². The molecule has 0 aromatic rings. The Balaban J connectivity index is 1.29. The first-order valence-electron chi connectivity index (χ1n) is 13.8. The molecule has 3 aliphatic rings. The first kappa shape index (κ1) is 31.2. The Morgan fingerprint density at radius 3 is 1.22 bits per heavy atom. The van der Waals surface area contributed by atoms with Crippen LogP contribution in [0.1, 0.15) is 110 Å². The molecule has 4 atom stereocenters. The fourth-order valence-electron chi connectivity index (χ4n) is 6.09. The number of allylic oxidation sites excluding steroid dienone is 2. The second kappa shape index (κ2) is 13.3. The molecule has 1 saturated carbocycles. The van der Waals surface area contributed by atoms with Gasteiger partial charge in [0.15, 0.2) is 4.33 Å². The molecular weight excluding hydrogens is 583 g/mol. The first-order chi connectivity index (χ1) is 17.1. The number of imide groups is 1. The standard InChI is InChI=1S/C27H39Cl6NO2/c1-2-3-4-5-6-7-8-9-10-11-12-13-14-15-16-17-18-34-23(35)19-20(24(34)36)26(31)22(29)21(28)25(19,30)27(26,32)33/h19-20H,2-18H2,1H3. The van der Waals surface area contributed by atoms with Gasteiger partial charge in [0.05, 0.1) is 21.9 Å². The zero-order valence-electron chi connectivity index (χ0n) is 21.2. The minimum Gasteiger partial charge on any atom is -0.282 e. The zero-order valence-corrected chi connectivity index (χ0v) is 25.7. The smallest absolute Gasteiger partial charge is 0.235 e. The summed E-state index contributed by atoms with van der Waals surface area (Å²) in [5.74, 6) is -2.88. The van der Waals surface area contributed by atoms with Crippen LogP contribution >= 0.6 is 69.6 Å². The third-order valence-corrected chi connectivity index (χ3v) is 12.5. The highest BCUT2D eigenvalue weighted by Gasteiger charge is 2.87. The Morgan fingerprint density at radius 1 is 0.583 bits per heavy atom. The van der Waals surface area contributed by atoms with Crippen LogP contribution < -0.4 is 0 Å². The summed E-state index contributed by atoms with van der Waals surface area (Å²) in [4.78, 5) is 24.2. The van der Waals surface area contributed by atoms with E-state index in [2.05, 4.69) is 6.92 Å². The summed E-state index contributed by atoms with van der Waals surface area (Å²) in [5.41, 5.74) is 0. The number of amides is 2. The van der Waals surface area contributed by atoms with Gasteiger partial charge in [0.1, 0.15) is 9.75 Å². The highest BCUT2D eigenvalue weighted by Crippen LogP contribution is 2.77. The molecule has 9 heteroatoms. The third-order valence-electron chi connectivity index (χ3n) is 8.24. The van der Waals surface area contributed by atoms with Gasteiger partial charge in [-0.1, -0.05) is 150 Å². The molecule has 0 radical (unpaired) electrons. The maximum atomic E-state index is 13.2. The summed E-state index contributed by atoms with van der Waals surface area (Å²) in [6, 6.07) is 0. The average molecular weight is 622 g/mol. The molecule has 0 N–H and O–H groups in total. The van der Waals surface area contributed by atoms with Crippen molar-refractivity contribution in [1.29, 1.82) is 0 Å². The van der Waals surface area contributed by atoms with Crippen LogP contribution in [0.4, 0.5) is 0 Å². The van der Waals surface area contributed by atoms with Crippen LogP contribution in [0, 0.1) is 11.8 Å². The Hall–Kier alpha value is 0.620. The number of halogens is 6. The summed E-state index contributed by atoms with van der Waals surface area (Å²) in [5, 5.41) is -0.0880. The van der Waals surface area contributed by atoms with E-state index in [1.165, 1.54) is 88.4 Å². The van der Waals surface area contributed by atoms with E-state index in [1.54, 1.807) is 0 Å². The number of hydrogen-bond donors (Lipinski definition) is 0. The highest BCUT2D eigenvalue weighted by molar-refractivity contribution is 6.66. The fourth-order valence-corrected chi connectivity index (χ4v) is 9.02. The summed E-state index contributed by atoms with van der Waals surface area (Å²) < 4.78 is -1.86. The Morgan fingerprint density at radius 2 is 0.889 bits per heavy atom. The van der Waals surface area contributed by atoms with Gasteiger partial charge in [-0.25, -0.2) is 0 Å². The number of fused-ring (bicyclic) bond motifs is 5. The Labute approximate surface area is 246 Å².